The van der Waals surface area contributed by atoms with Crippen molar-refractivity contribution in [1.29, 1.82) is 0 Å². The van der Waals surface area contributed by atoms with Gasteiger partial charge in [0, 0.05) is 23.0 Å². The molecule has 0 aliphatic heterocycles. The van der Waals surface area contributed by atoms with Crippen molar-refractivity contribution in [2.75, 3.05) is 0 Å². The normalized spacial score (nSPS) is 11.4. The molecular weight excluding hydrogens is 255 g/mol. The van der Waals surface area contributed by atoms with Crippen LogP contribution < -0.4 is 0 Å². The van der Waals surface area contributed by atoms with Gasteiger partial charge in [-0.25, -0.2) is 0 Å². The van der Waals surface area contributed by atoms with Crippen LogP contribution >= 0.6 is 0 Å². The van der Waals surface area contributed by atoms with E-state index in [4.69, 9.17) is 0 Å². The number of aryl methyl sites for hydroxylation is 1. The Kier molecular flexibility index (Phi) is 3.38. The summed E-state index contributed by atoms with van der Waals surface area (Å²) in [5, 5.41) is 0. The quantitative estimate of drug-likeness (QED) is 0.776. The summed E-state index contributed by atoms with van der Waals surface area (Å²) in [6.07, 6.45) is -3.15. The SMILES string of the molecule is Cc1cc(C(=O)c2ccccc2C(F)(F)F)ccn1. The van der Waals surface area contributed by atoms with E-state index >= 15 is 0 Å². The van der Waals surface area contributed by atoms with E-state index in [0.29, 0.717) is 5.69 Å². The maximum Gasteiger partial charge on any atom is 0.417 e. The van der Waals surface area contributed by atoms with Crippen LogP contribution in [0.15, 0.2) is 42.6 Å². The number of benzene rings is 1. The number of hydrogen-bond donors (Lipinski definition) is 0. The predicted octanol–water partition coefficient (Wildman–Crippen LogP) is 3.64. The molecular formula is C14H10F3NO. The molecule has 0 radical (unpaired) electrons. The number of aromatic nitrogens is 1. The van der Waals surface area contributed by atoms with Crippen molar-refractivity contribution in [3.63, 3.8) is 0 Å². The van der Waals surface area contributed by atoms with E-state index in [0.717, 1.165) is 6.07 Å². The van der Waals surface area contributed by atoms with E-state index in [1.165, 1.54) is 36.5 Å². The largest absolute Gasteiger partial charge is 0.417 e. The number of ketones is 1. The molecule has 1 heterocycles. The van der Waals surface area contributed by atoms with Gasteiger partial charge in [-0.3, -0.25) is 9.78 Å². The standard InChI is InChI=1S/C14H10F3NO/c1-9-8-10(6-7-18-9)13(19)11-4-2-3-5-12(11)14(15,16)17/h2-8H,1H3. The summed E-state index contributed by atoms with van der Waals surface area (Å²) in [6, 6.07) is 7.63. The molecule has 1 aromatic heterocycles. The minimum Gasteiger partial charge on any atom is -0.289 e. The maximum atomic E-state index is 12.8. The lowest BCUT2D eigenvalue weighted by molar-refractivity contribution is -0.137. The smallest absolute Gasteiger partial charge is 0.289 e. The molecule has 0 bridgehead atoms. The monoisotopic (exact) mass is 265 g/mol. The zero-order chi connectivity index (χ0) is 14.0. The predicted molar refractivity (Wildman–Crippen MR) is 63.9 cm³/mol. The van der Waals surface area contributed by atoms with Crippen molar-refractivity contribution < 1.29 is 18.0 Å². The first-order valence-electron chi connectivity index (χ1n) is 5.53. The van der Waals surface area contributed by atoms with Crippen LogP contribution in [0.2, 0.25) is 0 Å². The molecule has 2 nitrogen and oxygen atoms in total. The molecule has 0 aliphatic rings. The van der Waals surface area contributed by atoms with Gasteiger partial charge in [-0.2, -0.15) is 13.2 Å². The Morgan fingerprint density at radius 1 is 1.16 bits per heavy atom. The minimum atomic E-state index is -4.55. The molecule has 5 heteroatoms. The third kappa shape index (κ3) is 2.81. The van der Waals surface area contributed by atoms with Crippen LogP contribution in [0.5, 0.6) is 0 Å². The van der Waals surface area contributed by atoms with Gasteiger partial charge in [0.1, 0.15) is 0 Å². The Morgan fingerprint density at radius 2 is 1.84 bits per heavy atom. The molecule has 0 N–H and O–H groups in total. The molecule has 2 aromatic rings. The first-order valence-corrected chi connectivity index (χ1v) is 5.53. The molecule has 0 amide bonds. The van der Waals surface area contributed by atoms with Crippen molar-refractivity contribution >= 4 is 5.78 Å². The van der Waals surface area contributed by atoms with E-state index in [-0.39, 0.29) is 11.1 Å². The van der Waals surface area contributed by atoms with E-state index in [1.807, 2.05) is 0 Å². The first-order chi connectivity index (χ1) is 8.89. The van der Waals surface area contributed by atoms with Gasteiger partial charge < -0.3 is 0 Å². The van der Waals surface area contributed by atoms with Crippen LogP contribution in [-0.4, -0.2) is 10.8 Å². The van der Waals surface area contributed by atoms with Crippen LogP contribution in [0.1, 0.15) is 27.2 Å². The van der Waals surface area contributed by atoms with Gasteiger partial charge in [0.25, 0.3) is 0 Å². The van der Waals surface area contributed by atoms with Crippen LogP contribution in [-0.2, 0) is 6.18 Å². The highest BCUT2D eigenvalue weighted by molar-refractivity contribution is 6.10. The van der Waals surface area contributed by atoms with Gasteiger partial charge >= 0.3 is 6.18 Å². The fourth-order valence-electron chi connectivity index (χ4n) is 1.77. The molecule has 0 saturated carbocycles. The van der Waals surface area contributed by atoms with Crippen molar-refractivity contribution in [3.05, 3.63) is 65.0 Å². The lowest BCUT2D eigenvalue weighted by atomic mass is 9.98. The third-order valence-corrected chi connectivity index (χ3v) is 2.64. The van der Waals surface area contributed by atoms with Crippen molar-refractivity contribution in [3.8, 4) is 0 Å². The second-order valence-electron chi connectivity index (χ2n) is 4.06. The fraction of sp³-hybridized carbons (Fsp3) is 0.143. The number of carbonyl (C=O) groups excluding carboxylic acids is 1. The second-order valence-corrected chi connectivity index (χ2v) is 4.06. The fourth-order valence-corrected chi connectivity index (χ4v) is 1.77. The lowest BCUT2D eigenvalue weighted by Gasteiger charge is -2.11. The van der Waals surface area contributed by atoms with Gasteiger partial charge in [-0.05, 0) is 25.1 Å². The molecule has 0 fully saturated rings. The maximum absolute atomic E-state index is 12.8. The Balaban J connectivity index is 2.51. The van der Waals surface area contributed by atoms with Gasteiger partial charge in [-0.15, -0.1) is 0 Å². The topological polar surface area (TPSA) is 30.0 Å². The third-order valence-electron chi connectivity index (χ3n) is 2.64. The molecule has 2 rings (SSSR count). The average Bonchev–Trinajstić information content (AvgIpc) is 2.37. The number of pyridine rings is 1. The van der Waals surface area contributed by atoms with E-state index in [9.17, 15) is 18.0 Å². The number of carbonyl (C=O) groups is 1. The minimum absolute atomic E-state index is 0.198. The summed E-state index contributed by atoms with van der Waals surface area (Å²) in [7, 11) is 0. The zero-order valence-electron chi connectivity index (χ0n) is 10.0. The molecule has 0 spiro atoms. The number of rotatable bonds is 2. The highest BCUT2D eigenvalue weighted by atomic mass is 19.4. The van der Waals surface area contributed by atoms with E-state index in [2.05, 4.69) is 4.98 Å². The summed E-state index contributed by atoms with van der Waals surface area (Å²) in [6.45, 7) is 1.67. The molecule has 0 unspecified atom stereocenters. The Morgan fingerprint density at radius 3 is 2.47 bits per heavy atom. The molecule has 1 aromatic carbocycles. The summed E-state index contributed by atoms with van der Waals surface area (Å²) in [5.41, 5.74) is -0.491. The van der Waals surface area contributed by atoms with Crippen LogP contribution in [0.4, 0.5) is 13.2 Å². The van der Waals surface area contributed by atoms with E-state index < -0.39 is 17.5 Å². The highest BCUT2D eigenvalue weighted by Crippen LogP contribution is 2.32. The van der Waals surface area contributed by atoms with Gasteiger partial charge in [0.05, 0.1) is 5.56 Å². The first kappa shape index (κ1) is 13.3. The van der Waals surface area contributed by atoms with E-state index in [1.54, 1.807) is 6.92 Å². The van der Waals surface area contributed by atoms with Crippen molar-refractivity contribution in [1.82, 2.24) is 4.98 Å². The van der Waals surface area contributed by atoms with Gasteiger partial charge in [-0.1, -0.05) is 18.2 Å². The lowest BCUT2D eigenvalue weighted by Crippen LogP contribution is -2.13. The van der Waals surface area contributed by atoms with Crippen molar-refractivity contribution in [2.45, 2.75) is 13.1 Å². The van der Waals surface area contributed by atoms with Gasteiger partial charge in [0.2, 0.25) is 0 Å². The molecule has 0 atom stereocenters. The summed E-state index contributed by atoms with van der Waals surface area (Å²) < 4.78 is 38.5. The zero-order valence-corrected chi connectivity index (χ0v) is 10.0. The Hall–Kier alpha value is -2.17. The summed E-state index contributed by atoms with van der Waals surface area (Å²) >= 11 is 0. The molecule has 98 valence electrons. The Labute approximate surface area is 107 Å². The van der Waals surface area contributed by atoms with Crippen LogP contribution in [0, 0.1) is 6.92 Å². The number of hydrogen-bond acceptors (Lipinski definition) is 2. The van der Waals surface area contributed by atoms with Gasteiger partial charge in [0.15, 0.2) is 5.78 Å². The Bertz CT molecular complexity index is 620. The van der Waals surface area contributed by atoms with Crippen LogP contribution in [0.3, 0.4) is 0 Å². The molecule has 0 aliphatic carbocycles. The number of halogens is 3. The number of nitrogens with zero attached hydrogens (tertiary/aromatic N) is 1. The molecule has 0 saturated heterocycles. The highest BCUT2D eigenvalue weighted by Gasteiger charge is 2.34. The second kappa shape index (κ2) is 4.84. The summed E-state index contributed by atoms with van der Waals surface area (Å²) in [4.78, 5) is 16.1. The summed E-state index contributed by atoms with van der Waals surface area (Å²) in [5.74, 6) is -0.654. The number of alkyl halides is 3. The molecule has 19 heavy (non-hydrogen) atoms. The van der Waals surface area contributed by atoms with Crippen molar-refractivity contribution in [2.24, 2.45) is 0 Å². The van der Waals surface area contributed by atoms with Crippen LogP contribution in [0.25, 0.3) is 0 Å². The average molecular weight is 265 g/mol.